The van der Waals surface area contributed by atoms with Crippen LogP contribution in [-0.4, -0.2) is 27.8 Å². The smallest absolute Gasteiger partial charge is 0.259 e. The molecule has 100 valence electrons. The minimum atomic E-state index is -0.280. The Kier molecular flexibility index (Phi) is 3.80. The van der Waals surface area contributed by atoms with Crippen LogP contribution in [0.3, 0.4) is 0 Å². The lowest BCUT2D eigenvalue weighted by Crippen LogP contribution is -2.31. The Morgan fingerprint density at radius 2 is 2.16 bits per heavy atom. The molecule has 0 aliphatic carbocycles. The quantitative estimate of drug-likeness (QED) is 0.929. The number of pyridine rings is 1. The number of H-pyrrole nitrogens is 1. The Hall–Kier alpha value is -1.95. The number of amides is 1. The van der Waals surface area contributed by atoms with Crippen molar-refractivity contribution >= 4 is 17.2 Å². The fourth-order valence-corrected chi connectivity index (χ4v) is 2.55. The number of thiazole rings is 1. The Bertz CT molecular complexity index is 660. The normalized spacial score (nSPS) is 10.5. The van der Waals surface area contributed by atoms with Crippen molar-refractivity contribution in [3.05, 3.63) is 49.8 Å². The molecule has 0 spiro atoms. The molecule has 0 aliphatic rings. The Labute approximate surface area is 114 Å². The number of hydrogen-bond donors (Lipinski definition) is 1. The lowest BCUT2D eigenvalue weighted by Gasteiger charge is -2.16. The predicted octanol–water partition coefficient (Wildman–Crippen LogP) is 1.72. The second-order valence-corrected chi connectivity index (χ2v) is 5.34. The third-order valence-corrected chi connectivity index (χ3v) is 3.85. The monoisotopic (exact) mass is 277 g/mol. The molecule has 2 aromatic rings. The maximum atomic E-state index is 12.2. The van der Waals surface area contributed by atoms with Gasteiger partial charge in [0.25, 0.3) is 5.91 Å². The van der Waals surface area contributed by atoms with Gasteiger partial charge in [-0.15, -0.1) is 11.3 Å². The highest BCUT2D eigenvalue weighted by Gasteiger charge is 2.17. The van der Waals surface area contributed by atoms with Crippen LogP contribution < -0.4 is 5.43 Å². The summed E-state index contributed by atoms with van der Waals surface area (Å²) in [6.45, 7) is 4.05. The average Bonchev–Trinajstić information content (AvgIpc) is 2.77. The fourth-order valence-electron chi connectivity index (χ4n) is 1.72. The first-order chi connectivity index (χ1) is 9.00. The zero-order valence-corrected chi connectivity index (χ0v) is 11.9. The molecule has 0 bridgehead atoms. The Morgan fingerprint density at radius 3 is 2.79 bits per heavy atom. The molecule has 1 amide bonds. The van der Waals surface area contributed by atoms with Crippen LogP contribution >= 0.6 is 11.3 Å². The number of aryl methyl sites for hydroxylation is 2. The van der Waals surface area contributed by atoms with E-state index in [1.807, 2.05) is 6.92 Å². The van der Waals surface area contributed by atoms with E-state index < -0.39 is 0 Å². The van der Waals surface area contributed by atoms with Gasteiger partial charge in [-0.2, -0.15) is 0 Å². The molecule has 1 N–H and O–H groups in total. The van der Waals surface area contributed by atoms with Crippen molar-refractivity contribution in [2.75, 3.05) is 7.05 Å². The van der Waals surface area contributed by atoms with Crippen molar-refractivity contribution in [3.8, 4) is 0 Å². The van der Waals surface area contributed by atoms with E-state index in [2.05, 4.69) is 9.97 Å². The largest absolute Gasteiger partial charge is 0.366 e. The van der Waals surface area contributed by atoms with Crippen molar-refractivity contribution in [1.82, 2.24) is 14.9 Å². The van der Waals surface area contributed by atoms with Crippen LogP contribution in [0.25, 0.3) is 0 Å². The molecule has 0 fully saturated rings. The van der Waals surface area contributed by atoms with Gasteiger partial charge < -0.3 is 9.88 Å². The first-order valence-corrected chi connectivity index (χ1v) is 6.70. The molecule has 0 aliphatic heterocycles. The van der Waals surface area contributed by atoms with E-state index in [1.165, 1.54) is 22.4 Å². The zero-order chi connectivity index (χ0) is 14.0. The van der Waals surface area contributed by atoms with Gasteiger partial charge in [-0.1, -0.05) is 0 Å². The molecule has 6 heteroatoms. The Morgan fingerprint density at radius 1 is 1.42 bits per heavy atom. The van der Waals surface area contributed by atoms with E-state index in [-0.39, 0.29) is 16.9 Å². The third-order valence-electron chi connectivity index (χ3n) is 2.93. The summed E-state index contributed by atoms with van der Waals surface area (Å²) in [5, 5.41) is 0. The van der Waals surface area contributed by atoms with Gasteiger partial charge in [0.05, 0.1) is 17.7 Å². The van der Waals surface area contributed by atoms with Gasteiger partial charge in [-0.05, 0) is 13.8 Å². The van der Waals surface area contributed by atoms with Crippen molar-refractivity contribution in [2.45, 2.75) is 20.4 Å². The van der Waals surface area contributed by atoms with Gasteiger partial charge in [0.2, 0.25) is 0 Å². The van der Waals surface area contributed by atoms with Crippen molar-refractivity contribution < 1.29 is 4.79 Å². The number of aromatic amines is 1. The highest BCUT2D eigenvalue weighted by atomic mass is 32.1. The summed E-state index contributed by atoms with van der Waals surface area (Å²) in [5.41, 5.74) is 3.15. The summed E-state index contributed by atoms with van der Waals surface area (Å²) in [5.74, 6) is -0.280. The van der Waals surface area contributed by atoms with Gasteiger partial charge in [0, 0.05) is 29.9 Å². The van der Waals surface area contributed by atoms with Gasteiger partial charge in [-0.3, -0.25) is 9.59 Å². The first kappa shape index (κ1) is 13.5. The summed E-state index contributed by atoms with van der Waals surface area (Å²) in [6, 6.07) is 0. The van der Waals surface area contributed by atoms with Gasteiger partial charge in [-0.25, -0.2) is 4.98 Å². The second kappa shape index (κ2) is 5.36. The molecule has 0 saturated heterocycles. The average molecular weight is 277 g/mol. The SMILES string of the molecule is Cc1ncsc1CN(C)C(=O)c1c[nH]cc(C)c1=O. The van der Waals surface area contributed by atoms with Crippen molar-refractivity contribution in [1.29, 1.82) is 0 Å². The molecule has 5 nitrogen and oxygen atoms in total. The number of carbonyl (C=O) groups excluding carboxylic acids is 1. The van der Waals surface area contributed by atoms with Crippen molar-refractivity contribution in [2.24, 2.45) is 0 Å². The van der Waals surface area contributed by atoms with E-state index in [1.54, 1.807) is 25.7 Å². The van der Waals surface area contributed by atoms with Gasteiger partial charge >= 0.3 is 0 Å². The maximum Gasteiger partial charge on any atom is 0.259 e. The van der Waals surface area contributed by atoms with Crippen LogP contribution in [0.2, 0.25) is 0 Å². The van der Waals surface area contributed by atoms with E-state index in [0.717, 1.165) is 10.6 Å². The number of nitrogens with zero attached hydrogens (tertiary/aromatic N) is 2. The first-order valence-electron chi connectivity index (χ1n) is 5.83. The predicted molar refractivity (Wildman–Crippen MR) is 74.4 cm³/mol. The summed E-state index contributed by atoms with van der Waals surface area (Å²) < 4.78 is 0. The molecule has 19 heavy (non-hydrogen) atoms. The number of carbonyl (C=O) groups is 1. The minimum Gasteiger partial charge on any atom is -0.366 e. The van der Waals surface area contributed by atoms with E-state index in [4.69, 9.17) is 0 Å². The topological polar surface area (TPSA) is 66.1 Å². The number of aromatic nitrogens is 2. The van der Waals surface area contributed by atoms with Crippen LogP contribution in [-0.2, 0) is 6.54 Å². The van der Waals surface area contributed by atoms with E-state index >= 15 is 0 Å². The summed E-state index contributed by atoms with van der Waals surface area (Å²) in [4.78, 5) is 33.7. The van der Waals surface area contributed by atoms with Crippen LogP contribution in [0.4, 0.5) is 0 Å². The highest BCUT2D eigenvalue weighted by Crippen LogP contribution is 2.15. The molecule has 2 aromatic heterocycles. The van der Waals surface area contributed by atoms with Crippen molar-refractivity contribution in [3.63, 3.8) is 0 Å². The lowest BCUT2D eigenvalue weighted by atomic mass is 10.2. The van der Waals surface area contributed by atoms with Gasteiger partial charge in [0.1, 0.15) is 5.56 Å². The second-order valence-electron chi connectivity index (χ2n) is 4.40. The third kappa shape index (κ3) is 2.73. The number of hydrogen-bond acceptors (Lipinski definition) is 4. The van der Waals surface area contributed by atoms with Crippen LogP contribution in [0.5, 0.6) is 0 Å². The molecule has 0 saturated carbocycles. The maximum absolute atomic E-state index is 12.2. The molecule has 2 heterocycles. The van der Waals surface area contributed by atoms with Crippen LogP contribution in [0, 0.1) is 13.8 Å². The summed E-state index contributed by atoms with van der Waals surface area (Å²) in [7, 11) is 1.68. The molecular formula is C13H15N3O2S. The number of nitrogens with one attached hydrogen (secondary N) is 1. The van der Waals surface area contributed by atoms with Crippen LogP contribution in [0.1, 0.15) is 26.5 Å². The standard InChI is InChI=1S/C13H15N3O2S/c1-8-4-14-5-10(12(8)17)13(18)16(3)6-11-9(2)15-7-19-11/h4-5,7H,6H2,1-3H3,(H,14,17). The fraction of sp³-hybridized carbons (Fsp3) is 0.308. The molecular weight excluding hydrogens is 262 g/mol. The zero-order valence-electron chi connectivity index (χ0n) is 11.1. The molecule has 0 aromatic carbocycles. The molecule has 0 radical (unpaired) electrons. The van der Waals surface area contributed by atoms with E-state index in [0.29, 0.717) is 12.1 Å². The van der Waals surface area contributed by atoms with Crippen LogP contribution in [0.15, 0.2) is 22.7 Å². The van der Waals surface area contributed by atoms with Gasteiger partial charge in [0.15, 0.2) is 5.43 Å². The highest BCUT2D eigenvalue weighted by molar-refractivity contribution is 7.09. The molecule has 0 unspecified atom stereocenters. The summed E-state index contributed by atoms with van der Waals surface area (Å²) in [6.07, 6.45) is 3.04. The van der Waals surface area contributed by atoms with E-state index in [9.17, 15) is 9.59 Å². The minimum absolute atomic E-state index is 0.171. The number of rotatable bonds is 3. The lowest BCUT2D eigenvalue weighted by molar-refractivity contribution is 0.0784. The summed E-state index contributed by atoms with van der Waals surface area (Å²) >= 11 is 1.51. The Balaban J connectivity index is 2.22. The molecule has 0 atom stereocenters. The molecule has 2 rings (SSSR count).